The summed E-state index contributed by atoms with van der Waals surface area (Å²) in [6, 6.07) is 0. The van der Waals surface area contributed by atoms with Crippen LogP contribution in [0.5, 0.6) is 0 Å². The molecule has 0 fully saturated rings. The molecule has 0 aliphatic heterocycles. The van der Waals surface area contributed by atoms with Crippen LogP contribution in [-0.4, -0.2) is 42.7 Å². The Balaban J connectivity index is -0.0000000800. The smallest absolute Gasteiger partial charge is 1.00 e. The van der Waals surface area contributed by atoms with Crippen molar-refractivity contribution < 1.29 is 68.2 Å². The van der Waals surface area contributed by atoms with E-state index in [0.29, 0.717) is 0 Å². The molecule has 0 aromatic heterocycles. The van der Waals surface area contributed by atoms with Gasteiger partial charge in [0.25, 0.3) is 0 Å². The molecule has 6 nitrogen and oxygen atoms in total. The standard InChI is InChI=1S/2C3H9O3P.Cu.HI/c2*1-4-7(5-2)6-3;;/h2*1-3H3;;1H/q;;+1;/p-1. The molecular weight excluding hydrogens is 420 g/mol. The van der Waals surface area contributed by atoms with Gasteiger partial charge in [0.15, 0.2) is 0 Å². The number of rotatable bonds is 6. The third-order valence-electron chi connectivity index (χ3n) is 0.894. The Morgan fingerprint density at radius 3 is 0.625 bits per heavy atom. The van der Waals surface area contributed by atoms with Crippen LogP contribution < -0.4 is 24.0 Å². The third kappa shape index (κ3) is 18.2. The van der Waals surface area contributed by atoms with E-state index in [1.165, 1.54) is 0 Å². The summed E-state index contributed by atoms with van der Waals surface area (Å²) in [5.41, 5.74) is 0. The summed E-state index contributed by atoms with van der Waals surface area (Å²) in [5, 5.41) is 0. The topological polar surface area (TPSA) is 55.4 Å². The molecule has 0 saturated heterocycles. The van der Waals surface area contributed by atoms with Crippen LogP contribution in [0.3, 0.4) is 0 Å². The molecule has 0 unspecified atom stereocenters. The van der Waals surface area contributed by atoms with Gasteiger partial charge in [-0.2, -0.15) is 0 Å². The maximum atomic E-state index is 4.67. The van der Waals surface area contributed by atoms with Crippen LogP contribution in [0.15, 0.2) is 0 Å². The summed E-state index contributed by atoms with van der Waals surface area (Å²) in [4.78, 5) is 0. The van der Waals surface area contributed by atoms with E-state index >= 15 is 0 Å². The van der Waals surface area contributed by atoms with Gasteiger partial charge in [-0.3, -0.25) is 0 Å². The summed E-state index contributed by atoms with van der Waals surface area (Å²) in [6.07, 6.45) is 0. The Morgan fingerprint density at radius 2 is 0.625 bits per heavy atom. The van der Waals surface area contributed by atoms with Gasteiger partial charge in [0, 0.05) is 42.7 Å². The largest absolute Gasteiger partial charge is 1.00 e. The van der Waals surface area contributed by atoms with Crippen LogP contribution in [0, 0.1) is 0 Å². The third-order valence-corrected chi connectivity index (χ3v) is 2.68. The molecule has 106 valence electrons. The minimum absolute atomic E-state index is 0. The van der Waals surface area contributed by atoms with Gasteiger partial charge < -0.3 is 51.1 Å². The molecule has 0 heterocycles. The van der Waals surface area contributed by atoms with Crippen molar-refractivity contribution in [3.63, 3.8) is 0 Å². The van der Waals surface area contributed by atoms with E-state index in [9.17, 15) is 0 Å². The number of hydrogen-bond donors (Lipinski definition) is 0. The molecule has 0 aromatic carbocycles. The van der Waals surface area contributed by atoms with E-state index in [2.05, 4.69) is 27.1 Å². The molecule has 0 radical (unpaired) electrons. The van der Waals surface area contributed by atoms with Crippen molar-refractivity contribution in [1.82, 2.24) is 0 Å². The van der Waals surface area contributed by atoms with Crippen molar-refractivity contribution >= 4 is 17.2 Å². The van der Waals surface area contributed by atoms with E-state index in [1.54, 1.807) is 42.7 Å². The Morgan fingerprint density at radius 1 is 0.500 bits per heavy atom. The van der Waals surface area contributed by atoms with Gasteiger partial charge in [0.2, 0.25) is 0 Å². The molecule has 0 amide bonds. The quantitative estimate of drug-likeness (QED) is 0.311. The summed E-state index contributed by atoms with van der Waals surface area (Å²) < 4.78 is 28.0. The normalized spacial score (nSPS) is 9.00. The average molecular weight is 439 g/mol. The van der Waals surface area contributed by atoms with Crippen molar-refractivity contribution in [2.45, 2.75) is 0 Å². The second kappa shape index (κ2) is 22.1. The summed E-state index contributed by atoms with van der Waals surface area (Å²) in [6.45, 7) is 0. The maximum absolute atomic E-state index is 4.67. The van der Waals surface area contributed by atoms with Crippen molar-refractivity contribution in [3.05, 3.63) is 0 Å². The van der Waals surface area contributed by atoms with Gasteiger partial charge in [-0.25, -0.2) is 0 Å². The molecule has 0 atom stereocenters. The van der Waals surface area contributed by atoms with E-state index in [1.807, 2.05) is 0 Å². The van der Waals surface area contributed by atoms with Crippen LogP contribution in [0.1, 0.15) is 0 Å². The molecule has 0 aliphatic rings. The van der Waals surface area contributed by atoms with Gasteiger partial charge in [-0.1, -0.05) is 0 Å². The number of halogens is 1. The molecule has 16 heavy (non-hydrogen) atoms. The van der Waals surface area contributed by atoms with Gasteiger partial charge in [0.05, 0.1) is 0 Å². The predicted molar refractivity (Wildman–Crippen MR) is 55.9 cm³/mol. The first-order chi connectivity index (χ1) is 6.69. The Hall–Kier alpha value is 1.87. The molecule has 0 saturated carbocycles. The van der Waals surface area contributed by atoms with E-state index in [0.717, 1.165) is 0 Å². The van der Waals surface area contributed by atoms with E-state index < -0.39 is 17.2 Å². The van der Waals surface area contributed by atoms with Gasteiger partial charge >= 0.3 is 34.3 Å². The fourth-order valence-electron chi connectivity index (χ4n) is 0.447. The summed E-state index contributed by atoms with van der Waals surface area (Å²) in [7, 11) is 7.13. The first-order valence-electron chi connectivity index (χ1n) is 3.54. The molecule has 0 aromatic rings. The van der Waals surface area contributed by atoms with Crippen LogP contribution in [0.4, 0.5) is 0 Å². The Bertz CT molecular complexity index is 86.0. The van der Waals surface area contributed by atoms with Gasteiger partial charge in [0.1, 0.15) is 0 Å². The molecular formula is C6H18CuIO6P2. The minimum Gasteiger partial charge on any atom is -1.00 e. The fourth-order valence-corrected chi connectivity index (χ4v) is 1.34. The second-order valence-electron chi connectivity index (χ2n) is 1.54. The molecule has 0 rings (SSSR count). The minimum atomic E-state index is -1.05. The molecule has 10 heteroatoms. The molecule has 0 bridgehead atoms. The zero-order valence-corrected chi connectivity index (χ0v) is 14.9. The van der Waals surface area contributed by atoms with Crippen molar-refractivity contribution in [2.24, 2.45) is 0 Å². The SMILES string of the molecule is COP(OC)OC.COP(OC)OC.[Cu+].[I-]. The van der Waals surface area contributed by atoms with Crippen molar-refractivity contribution in [1.29, 1.82) is 0 Å². The predicted octanol–water partition coefficient (Wildman–Crippen LogP) is -0.693. The Labute approximate surface area is 128 Å². The summed E-state index contributed by atoms with van der Waals surface area (Å²) in [5.74, 6) is 0. The van der Waals surface area contributed by atoms with Crippen LogP contribution in [-0.2, 0) is 44.2 Å². The summed E-state index contributed by atoms with van der Waals surface area (Å²) >= 11 is 0. The monoisotopic (exact) mass is 438 g/mol. The molecule has 0 N–H and O–H groups in total. The Kier molecular flexibility index (Phi) is 36.5. The van der Waals surface area contributed by atoms with Crippen molar-refractivity contribution in [3.8, 4) is 0 Å². The second-order valence-corrected chi connectivity index (χ2v) is 4.63. The van der Waals surface area contributed by atoms with E-state index in [4.69, 9.17) is 0 Å². The zero-order chi connectivity index (χ0) is 11.4. The van der Waals surface area contributed by atoms with Crippen LogP contribution in [0.25, 0.3) is 0 Å². The average Bonchev–Trinajstić information content (AvgIpc) is 2.24. The first-order valence-corrected chi connectivity index (χ1v) is 5.74. The maximum Gasteiger partial charge on any atom is 1.00 e. The van der Waals surface area contributed by atoms with Crippen LogP contribution in [0.2, 0.25) is 0 Å². The van der Waals surface area contributed by atoms with Crippen LogP contribution >= 0.6 is 17.2 Å². The van der Waals surface area contributed by atoms with E-state index in [-0.39, 0.29) is 41.0 Å². The molecule has 0 spiro atoms. The van der Waals surface area contributed by atoms with Gasteiger partial charge in [-0.15, -0.1) is 0 Å². The van der Waals surface area contributed by atoms with Crippen molar-refractivity contribution in [2.75, 3.05) is 42.7 Å². The first kappa shape index (κ1) is 26.4. The zero-order valence-electron chi connectivity index (χ0n) is 10.0. The van der Waals surface area contributed by atoms with Gasteiger partial charge in [-0.05, 0) is 0 Å². The fraction of sp³-hybridized carbons (Fsp3) is 1.00. The number of hydrogen-bond acceptors (Lipinski definition) is 6. The molecule has 0 aliphatic carbocycles.